The molecule has 5 nitrogen and oxygen atoms in total. The number of halogens is 2. The van der Waals surface area contributed by atoms with E-state index in [1.165, 1.54) is 7.11 Å². The fourth-order valence-corrected chi connectivity index (χ4v) is 1.72. The van der Waals surface area contributed by atoms with Crippen molar-refractivity contribution in [2.75, 3.05) is 12.4 Å². The summed E-state index contributed by atoms with van der Waals surface area (Å²) in [6, 6.07) is 5.22. The minimum atomic E-state index is -1.14. The van der Waals surface area contributed by atoms with Gasteiger partial charge in [0.2, 0.25) is 0 Å². The van der Waals surface area contributed by atoms with Gasteiger partial charge in [-0.15, -0.1) is 0 Å². The fraction of sp³-hybridized carbons (Fsp3) is 0.0714. The summed E-state index contributed by atoms with van der Waals surface area (Å²) < 4.78 is 31.8. The zero-order valence-electron chi connectivity index (χ0n) is 10.9. The molecule has 110 valence electrons. The Kier molecular flexibility index (Phi) is 3.93. The Balaban J connectivity index is 2.37. The summed E-state index contributed by atoms with van der Waals surface area (Å²) in [5.74, 6) is -4.10. The second-order valence-electron chi connectivity index (χ2n) is 4.09. The first kappa shape index (κ1) is 14.6. The van der Waals surface area contributed by atoms with Crippen molar-refractivity contribution in [1.29, 1.82) is 0 Å². The van der Waals surface area contributed by atoms with E-state index in [-0.39, 0.29) is 11.4 Å². The second-order valence-corrected chi connectivity index (χ2v) is 4.09. The third-order valence-electron chi connectivity index (χ3n) is 2.73. The van der Waals surface area contributed by atoms with Crippen molar-refractivity contribution in [2.45, 2.75) is 0 Å². The highest BCUT2D eigenvalue weighted by atomic mass is 19.1. The summed E-state index contributed by atoms with van der Waals surface area (Å²) in [5, 5.41) is 21.4. The van der Waals surface area contributed by atoms with E-state index in [9.17, 15) is 23.8 Å². The van der Waals surface area contributed by atoms with Gasteiger partial charge in [0.1, 0.15) is 40.1 Å². The summed E-state index contributed by atoms with van der Waals surface area (Å²) >= 11 is 0. The van der Waals surface area contributed by atoms with Gasteiger partial charge >= 0.3 is 0 Å². The van der Waals surface area contributed by atoms with Crippen LogP contribution in [0.4, 0.5) is 14.5 Å². The monoisotopic (exact) mass is 295 g/mol. The maximum atomic E-state index is 13.5. The van der Waals surface area contributed by atoms with Crippen LogP contribution in [0.2, 0.25) is 0 Å². The van der Waals surface area contributed by atoms with Crippen LogP contribution in [0, 0.1) is 11.6 Å². The van der Waals surface area contributed by atoms with Gasteiger partial charge in [-0.25, -0.2) is 8.78 Å². The molecule has 2 rings (SSSR count). The number of amides is 1. The molecule has 0 atom stereocenters. The highest BCUT2D eigenvalue weighted by Gasteiger charge is 2.20. The molecule has 0 aliphatic rings. The molecule has 0 heterocycles. The van der Waals surface area contributed by atoms with E-state index in [1.54, 1.807) is 0 Å². The largest absolute Gasteiger partial charge is 0.505 e. The number of phenolic OH excluding ortho intramolecular Hbond substituents is 2. The Morgan fingerprint density at radius 1 is 1.14 bits per heavy atom. The van der Waals surface area contributed by atoms with E-state index in [1.807, 2.05) is 0 Å². The number of carbonyl (C=O) groups is 1. The molecule has 3 N–H and O–H groups in total. The average Bonchev–Trinajstić information content (AvgIpc) is 2.42. The summed E-state index contributed by atoms with van der Waals surface area (Å²) in [6.07, 6.45) is 0. The van der Waals surface area contributed by atoms with Crippen molar-refractivity contribution < 1.29 is 28.5 Å². The number of rotatable bonds is 3. The Morgan fingerprint density at radius 3 is 2.14 bits per heavy atom. The minimum Gasteiger partial charge on any atom is -0.505 e. The molecule has 7 heteroatoms. The molecule has 0 bridgehead atoms. The summed E-state index contributed by atoms with van der Waals surface area (Å²) in [6.45, 7) is 0. The Hall–Kier alpha value is -2.83. The van der Waals surface area contributed by atoms with Crippen LogP contribution in [-0.2, 0) is 0 Å². The molecular weight excluding hydrogens is 284 g/mol. The molecule has 0 radical (unpaired) electrons. The van der Waals surface area contributed by atoms with Gasteiger partial charge in [-0.05, 0) is 12.1 Å². The first-order chi connectivity index (χ1) is 9.93. The van der Waals surface area contributed by atoms with E-state index >= 15 is 0 Å². The lowest BCUT2D eigenvalue weighted by Crippen LogP contribution is -2.16. The van der Waals surface area contributed by atoms with Gasteiger partial charge < -0.3 is 20.3 Å². The Bertz CT molecular complexity index is 660. The summed E-state index contributed by atoms with van der Waals surface area (Å²) in [5.41, 5.74) is -1.18. The normalized spacial score (nSPS) is 10.2. The number of ether oxygens (including phenoxy) is 1. The number of benzene rings is 2. The molecule has 0 aliphatic heterocycles. The number of methoxy groups -OCH3 is 1. The molecule has 2 aromatic carbocycles. The highest BCUT2D eigenvalue weighted by Crippen LogP contribution is 2.37. The van der Waals surface area contributed by atoms with Crippen LogP contribution in [0.25, 0.3) is 0 Å². The van der Waals surface area contributed by atoms with Crippen molar-refractivity contribution in [2.24, 2.45) is 0 Å². The third-order valence-corrected chi connectivity index (χ3v) is 2.73. The zero-order chi connectivity index (χ0) is 15.6. The maximum absolute atomic E-state index is 13.5. The quantitative estimate of drug-likeness (QED) is 0.761. The first-order valence-corrected chi connectivity index (χ1v) is 5.79. The topological polar surface area (TPSA) is 78.8 Å². The fourth-order valence-electron chi connectivity index (χ4n) is 1.72. The lowest BCUT2D eigenvalue weighted by Gasteiger charge is -2.11. The molecule has 0 fully saturated rings. The number of aromatic hydroxyl groups is 2. The van der Waals surface area contributed by atoms with E-state index in [2.05, 4.69) is 5.32 Å². The van der Waals surface area contributed by atoms with Crippen molar-refractivity contribution in [1.82, 2.24) is 0 Å². The van der Waals surface area contributed by atoms with Gasteiger partial charge in [-0.3, -0.25) is 4.79 Å². The standard InChI is InChI=1S/C14H11F2NO4/c1-21-7-5-10(18)13(11(19)6-7)17-14(20)12-8(15)3-2-4-9(12)16/h2-6,18-19H,1H3,(H,17,20). The van der Waals surface area contributed by atoms with Crippen LogP contribution in [0.5, 0.6) is 17.2 Å². The van der Waals surface area contributed by atoms with Crippen molar-refractivity contribution in [3.05, 3.63) is 47.5 Å². The van der Waals surface area contributed by atoms with Gasteiger partial charge in [0.25, 0.3) is 5.91 Å². The first-order valence-electron chi connectivity index (χ1n) is 5.79. The van der Waals surface area contributed by atoms with E-state index in [0.717, 1.165) is 30.3 Å². The van der Waals surface area contributed by atoms with Crippen LogP contribution >= 0.6 is 0 Å². The number of anilines is 1. The molecule has 0 saturated heterocycles. The van der Waals surface area contributed by atoms with Crippen LogP contribution in [0.3, 0.4) is 0 Å². The Labute approximate surface area is 118 Å². The number of hydrogen-bond acceptors (Lipinski definition) is 4. The molecule has 0 aliphatic carbocycles. The van der Waals surface area contributed by atoms with E-state index in [4.69, 9.17) is 4.74 Å². The molecule has 1 amide bonds. The highest BCUT2D eigenvalue weighted by molar-refractivity contribution is 6.06. The van der Waals surface area contributed by atoms with Gasteiger partial charge in [0.05, 0.1) is 7.11 Å². The van der Waals surface area contributed by atoms with Crippen LogP contribution in [0.1, 0.15) is 10.4 Å². The third kappa shape index (κ3) is 2.86. The van der Waals surface area contributed by atoms with Crippen molar-refractivity contribution in [3.63, 3.8) is 0 Å². The molecular formula is C14H11F2NO4. The predicted molar refractivity (Wildman–Crippen MR) is 70.6 cm³/mol. The Morgan fingerprint density at radius 2 is 1.67 bits per heavy atom. The lowest BCUT2D eigenvalue weighted by molar-refractivity contribution is 0.101. The van der Waals surface area contributed by atoms with E-state index < -0.39 is 34.6 Å². The average molecular weight is 295 g/mol. The van der Waals surface area contributed by atoms with Gasteiger partial charge in [-0.2, -0.15) is 0 Å². The van der Waals surface area contributed by atoms with Crippen LogP contribution in [0.15, 0.2) is 30.3 Å². The van der Waals surface area contributed by atoms with Gasteiger partial charge in [0.15, 0.2) is 0 Å². The molecule has 0 aromatic heterocycles. The maximum Gasteiger partial charge on any atom is 0.261 e. The molecule has 2 aromatic rings. The lowest BCUT2D eigenvalue weighted by atomic mass is 10.1. The SMILES string of the molecule is COc1cc(O)c(NC(=O)c2c(F)cccc2F)c(O)c1. The minimum absolute atomic E-state index is 0.153. The number of hydrogen-bond donors (Lipinski definition) is 3. The number of phenols is 2. The van der Waals surface area contributed by atoms with Crippen LogP contribution < -0.4 is 10.1 Å². The number of carbonyl (C=O) groups excluding carboxylic acids is 1. The van der Waals surface area contributed by atoms with Crippen molar-refractivity contribution in [3.8, 4) is 17.2 Å². The molecule has 0 saturated carbocycles. The summed E-state index contributed by atoms with van der Waals surface area (Å²) in [4.78, 5) is 11.9. The smallest absolute Gasteiger partial charge is 0.261 e. The summed E-state index contributed by atoms with van der Waals surface area (Å²) in [7, 11) is 1.32. The second kappa shape index (κ2) is 5.66. The van der Waals surface area contributed by atoms with Crippen molar-refractivity contribution >= 4 is 11.6 Å². The number of nitrogens with one attached hydrogen (secondary N) is 1. The molecule has 21 heavy (non-hydrogen) atoms. The van der Waals surface area contributed by atoms with Gasteiger partial charge in [-0.1, -0.05) is 6.07 Å². The van der Waals surface area contributed by atoms with Gasteiger partial charge in [0, 0.05) is 12.1 Å². The van der Waals surface area contributed by atoms with E-state index in [0.29, 0.717) is 0 Å². The predicted octanol–water partition coefficient (Wildman–Crippen LogP) is 2.64. The zero-order valence-corrected chi connectivity index (χ0v) is 10.9. The van der Waals surface area contributed by atoms with Crippen LogP contribution in [-0.4, -0.2) is 23.2 Å². The molecule has 0 spiro atoms. The molecule has 0 unspecified atom stereocenters.